The Hall–Kier alpha value is 4.04. The third kappa shape index (κ3) is 125. The first-order chi connectivity index (χ1) is 0. The van der Waals surface area contributed by atoms with Crippen LogP contribution in [0, 0.1) is 0 Å². The summed E-state index contributed by atoms with van der Waals surface area (Å²) in [6.07, 6.45) is 0. The van der Waals surface area contributed by atoms with Gasteiger partial charge in [0.05, 0.1) is 0 Å². The zero-order valence-corrected chi connectivity index (χ0v) is 15.2. The van der Waals surface area contributed by atoms with Crippen molar-refractivity contribution < 1.29 is 130 Å². The summed E-state index contributed by atoms with van der Waals surface area (Å²) in [4.78, 5) is 0. The molecule has 0 amide bonds. The summed E-state index contributed by atoms with van der Waals surface area (Å²) in [5, 5.41) is 0. The SMILES string of the molecule is [O-2].[O-2].[O-2].[O-2].[O-2].[P].[P].[V+5].[V+5].[Y].[Y]. The molecule has 0 aliphatic rings. The van der Waals surface area contributed by atoms with Crippen molar-refractivity contribution in [2.24, 2.45) is 0 Å². The van der Waals surface area contributed by atoms with Crippen LogP contribution in [0.15, 0.2) is 0 Å². The van der Waals surface area contributed by atoms with Gasteiger partial charge in [-0.1, -0.05) is 0 Å². The molecule has 0 aromatic rings. The minimum Gasteiger partial charge on any atom is -2.00 e. The second-order valence-corrected chi connectivity index (χ2v) is 0. The van der Waals surface area contributed by atoms with E-state index in [4.69, 9.17) is 0 Å². The molecule has 0 spiro atoms. The third-order valence-corrected chi connectivity index (χ3v) is 0. The van der Waals surface area contributed by atoms with Gasteiger partial charge in [-0.05, 0) is 0 Å². The van der Waals surface area contributed by atoms with Crippen molar-refractivity contribution in [3.05, 3.63) is 0 Å². The molecule has 11 heavy (non-hydrogen) atoms. The van der Waals surface area contributed by atoms with E-state index in [1.165, 1.54) is 0 Å². The van der Waals surface area contributed by atoms with Gasteiger partial charge in [0.25, 0.3) is 0 Å². The van der Waals surface area contributed by atoms with E-state index in [0.29, 0.717) is 0 Å². The summed E-state index contributed by atoms with van der Waals surface area (Å²) < 4.78 is 0. The van der Waals surface area contributed by atoms with Gasteiger partial charge in [0.1, 0.15) is 0 Å². The molecule has 5 nitrogen and oxygen atoms in total. The topological polar surface area (TPSA) is 142 Å². The summed E-state index contributed by atoms with van der Waals surface area (Å²) in [6.45, 7) is 0. The molecule has 0 atom stereocenters. The fraction of sp³-hybridized carbons (Fsp3) is 0. The monoisotopic (exact) mass is 422 g/mol. The first-order valence-electron chi connectivity index (χ1n) is 0. The molecule has 0 aliphatic carbocycles. The zero-order valence-electron chi connectivity index (χ0n) is 4.98. The van der Waals surface area contributed by atoms with Crippen LogP contribution in [0.3, 0.4) is 0 Å². The van der Waals surface area contributed by atoms with Gasteiger partial charge in [-0.2, -0.15) is 0 Å². The van der Waals surface area contributed by atoms with Crippen molar-refractivity contribution in [1.29, 1.82) is 0 Å². The van der Waals surface area contributed by atoms with E-state index < -0.39 is 0 Å². The Morgan fingerprint density at radius 1 is 0.364 bits per heavy atom. The van der Waals surface area contributed by atoms with Gasteiger partial charge < -0.3 is 27.4 Å². The molecular weight excluding hydrogens is 422 g/mol. The van der Waals surface area contributed by atoms with E-state index >= 15 is 0 Å². The second-order valence-electron chi connectivity index (χ2n) is 0. The van der Waals surface area contributed by atoms with E-state index in [-0.39, 0.29) is 150 Å². The summed E-state index contributed by atoms with van der Waals surface area (Å²) in [5.74, 6) is 0. The van der Waals surface area contributed by atoms with Crippen LogP contribution < -0.4 is 0 Å². The number of rotatable bonds is 0. The average molecular weight is 422 g/mol. The Morgan fingerprint density at radius 2 is 0.364 bits per heavy atom. The molecule has 56 valence electrons. The Kier molecular flexibility index (Phi) is 2420. The fourth-order valence-corrected chi connectivity index (χ4v) is 0. The van der Waals surface area contributed by atoms with E-state index in [2.05, 4.69) is 0 Å². The normalized spacial score (nSPS) is 0. The first-order valence-corrected chi connectivity index (χ1v) is 0. The molecule has 0 aromatic carbocycles. The molecule has 0 saturated carbocycles. The van der Waals surface area contributed by atoms with Gasteiger partial charge in [0.15, 0.2) is 0 Å². The van der Waals surface area contributed by atoms with Crippen LogP contribution in [0.2, 0.25) is 0 Å². The summed E-state index contributed by atoms with van der Waals surface area (Å²) >= 11 is 0. The van der Waals surface area contributed by atoms with Crippen molar-refractivity contribution >= 4 is 19.8 Å². The van der Waals surface area contributed by atoms with Crippen LogP contribution >= 0.6 is 19.8 Å². The Labute approximate surface area is 147 Å². The molecular formula is O5P2V2Y2. The van der Waals surface area contributed by atoms with Crippen LogP contribution in [-0.2, 0) is 130 Å². The molecule has 0 heterocycles. The van der Waals surface area contributed by atoms with E-state index in [1.807, 2.05) is 0 Å². The van der Waals surface area contributed by atoms with E-state index in [0.717, 1.165) is 0 Å². The van der Waals surface area contributed by atoms with Gasteiger partial charge >= 0.3 is 37.1 Å². The van der Waals surface area contributed by atoms with Crippen LogP contribution in [0.25, 0.3) is 0 Å². The van der Waals surface area contributed by atoms with Crippen LogP contribution in [0.4, 0.5) is 0 Å². The molecule has 0 aliphatic heterocycles. The van der Waals surface area contributed by atoms with E-state index in [1.54, 1.807) is 0 Å². The molecule has 0 saturated heterocycles. The smallest absolute Gasteiger partial charge is 2.00 e. The molecule has 11 heteroatoms. The molecule has 0 unspecified atom stereocenters. The van der Waals surface area contributed by atoms with Crippen LogP contribution in [0.1, 0.15) is 0 Å². The molecule has 8 radical (unpaired) electrons. The summed E-state index contributed by atoms with van der Waals surface area (Å²) in [6, 6.07) is 0. The summed E-state index contributed by atoms with van der Waals surface area (Å²) in [5.41, 5.74) is 0. The predicted octanol–water partition coefficient (Wildman–Crippen LogP) is 1.12. The maximum absolute atomic E-state index is 0. The fourth-order valence-electron chi connectivity index (χ4n) is 0. The number of hydrogen-bond acceptors (Lipinski definition) is 0. The molecule has 0 bridgehead atoms. The molecule has 0 rings (SSSR count). The van der Waals surface area contributed by atoms with Crippen LogP contribution in [0.5, 0.6) is 0 Å². The molecule has 0 fully saturated rings. The standard InChI is InChI=1S/5O.2P.2V.2Y/q5*-2;;;2*+5;;. The van der Waals surface area contributed by atoms with Gasteiger partial charge in [0.2, 0.25) is 0 Å². The van der Waals surface area contributed by atoms with Crippen molar-refractivity contribution in [3.63, 3.8) is 0 Å². The minimum atomic E-state index is 0. The van der Waals surface area contributed by atoms with Gasteiger partial charge in [-0.3, -0.25) is 0 Å². The largest absolute Gasteiger partial charge is 5.00 e. The van der Waals surface area contributed by atoms with Gasteiger partial charge in [-0.15, -0.1) is 0 Å². The zero-order chi connectivity index (χ0) is 0. The maximum Gasteiger partial charge on any atom is 5.00 e. The van der Waals surface area contributed by atoms with E-state index in [9.17, 15) is 0 Å². The summed E-state index contributed by atoms with van der Waals surface area (Å²) in [7, 11) is 0. The van der Waals surface area contributed by atoms with Gasteiger partial charge in [0, 0.05) is 85.2 Å². The second kappa shape index (κ2) is 146. The quantitative estimate of drug-likeness (QED) is 0.517. The minimum absolute atomic E-state index is 0. The predicted molar refractivity (Wildman–Crippen MR) is 17.3 cm³/mol. The Morgan fingerprint density at radius 3 is 0.364 bits per heavy atom. The molecule has 0 N–H and O–H groups in total. The van der Waals surface area contributed by atoms with Crippen LogP contribution in [-0.4, -0.2) is 0 Å². The third-order valence-electron chi connectivity index (χ3n) is 0. The van der Waals surface area contributed by atoms with Crippen molar-refractivity contribution in [3.8, 4) is 0 Å². The van der Waals surface area contributed by atoms with Gasteiger partial charge in [-0.25, -0.2) is 0 Å². The van der Waals surface area contributed by atoms with Crippen molar-refractivity contribution in [2.75, 3.05) is 0 Å². The van der Waals surface area contributed by atoms with Crippen molar-refractivity contribution in [2.45, 2.75) is 0 Å². The number of hydrogen-bond donors (Lipinski definition) is 0. The maximum atomic E-state index is 0. The molecule has 0 aromatic heterocycles. The average Bonchev–Trinajstić information content (AvgIpc) is 0. The Bertz CT molecular complexity index is 20.4. The Balaban J connectivity index is 0. The first kappa shape index (κ1) is 182. The van der Waals surface area contributed by atoms with Crippen molar-refractivity contribution in [1.82, 2.24) is 0 Å².